The minimum absolute atomic E-state index is 0.195. The third-order valence-corrected chi connectivity index (χ3v) is 5.41. The number of nitrogens with one attached hydrogen (secondary N) is 1. The number of furan rings is 1. The van der Waals surface area contributed by atoms with Crippen molar-refractivity contribution in [3.05, 3.63) is 59.1 Å². The Morgan fingerprint density at radius 3 is 2.59 bits per heavy atom. The van der Waals surface area contributed by atoms with Crippen molar-refractivity contribution in [3.8, 4) is 0 Å². The molecular formula is C20H23F2N3O2. The second-order valence-electron chi connectivity index (χ2n) is 7.51. The quantitative estimate of drug-likeness (QED) is 0.873. The van der Waals surface area contributed by atoms with Gasteiger partial charge in [-0.2, -0.15) is 0 Å². The number of hydrogen-bond acceptors (Lipinski definition) is 4. The lowest BCUT2D eigenvalue weighted by Gasteiger charge is -2.31. The molecule has 1 saturated carbocycles. The fraction of sp³-hybridized carbons (Fsp3) is 0.450. The molecular weight excluding hydrogens is 352 g/mol. The van der Waals surface area contributed by atoms with Crippen LogP contribution in [-0.2, 0) is 12.1 Å². The molecule has 2 fully saturated rings. The van der Waals surface area contributed by atoms with Gasteiger partial charge in [0.25, 0.3) is 5.91 Å². The maximum absolute atomic E-state index is 14.1. The van der Waals surface area contributed by atoms with Crippen LogP contribution in [0.15, 0.2) is 34.7 Å². The zero-order valence-corrected chi connectivity index (χ0v) is 15.3. The number of nitrogens with zero attached hydrogens (tertiary/aromatic N) is 2. The maximum Gasteiger partial charge on any atom is 0.287 e. The first-order chi connectivity index (χ1) is 12.9. The highest BCUT2D eigenvalue weighted by Crippen LogP contribution is 2.46. The first-order valence-corrected chi connectivity index (χ1v) is 9.23. The Hall–Kier alpha value is -2.25. The summed E-state index contributed by atoms with van der Waals surface area (Å²) in [6.07, 6.45) is 1.15. The standard InChI is InChI=1S/C20H23F2N3O2/c1-24-8-10-25(11-9-24)13-15-3-5-18(27-15)19(26)23-20(6-7-20)16-12-14(21)2-4-17(16)22/h2-5,12H,6-11,13H2,1H3,(H,23,26). The summed E-state index contributed by atoms with van der Waals surface area (Å²) in [7, 11) is 2.10. The van der Waals surface area contributed by atoms with Crippen LogP contribution >= 0.6 is 0 Å². The molecule has 1 aromatic heterocycles. The van der Waals surface area contributed by atoms with Gasteiger partial charge >= 0.3 is 0 Å². The van der Waals surface area contributed by atoms with Gasteiger partial charge in [-0.05, 0) is 50.2 Å². The molecule has 1 N–H and O–H groups in total. The van der Waals surface area contributed by atoms with Crippen LogP contribution in [-0.4, -0.2) is 48.9 Å². The van der Waals surface area contributed by atoms with Crippen molar-refractivity contribution >= 4 is 5.91 Å². The van der Waals surface area contributed by atoms with E-state index in [-0.39, 0.29) is 11.3 Å². The molecule has 4 rings (SSSR count). The summed E-state index contributed by atoms with van der Waals surface area (Å²) < 4.78 is 33.3. The monoisotopic (exact) mass is 375 g/mol. The summed E-state index contributed by atoms with van der Waals surface area (Å²) >= 11 is 0. The normalized spacial score (nSPS) is 19.8. The van der Waals surface area contributed by atoms with Gasteiger partial charge in [-0.3, -0.25) is 9.69 Å². The predicted octanol–water partition coefficient (Wildman–Crippen LogP) is 2.72. The molecule has 1 saturated heterocycles. The minimum Gasteiger partial charge on any atom is -0.455 e. The molecule has 2 aliphatic rings. The molecule has 1 aliphatic heterocycles. The Balaban J connectivity index is 1.42. The summed E-state index contributed by atoms with van der Waals surface area (Å²) in [4.78, 5) is 17.1. The van der Waals surface area contributed by atoms with Gasteiger partial charge in [-0.25, -0.2) is 8.78 Å². The van der Waals surface area contributed by atoms with E-state index in [1.54, 1.807) is 12.1 Å². The van der Waals surface area contributed by atoms with Crippen molar-refractivity contribution in [2.75, 3.05) is 33.2 Å². The van der Waals surface area contributed by atoms with E-state index in [0.717, 1.165) is 50.1 Å². The third-order valence-electron chi connectivity index (χ3n) is 5.41. The van der Waals surface area contributed by atoms with Gasteiger partial charge < -0.3 is 14.6 Å². The fourth-order valence-electron chi connectivity index (χ4n) is 3.54. The minimum atomic E-state index is -0.840. The van der Waals surface area contributed by atoms with Crippen molar-refractivity contribution in [1.82, 2.24) is 15.1 Å². The molecule has 7 heteroatoms. The highest BCUT2D eigenvalue weighted by atomic mass is 19.1. The molecule has 0 bridgehead atoms. The third kappa shape index (κ3) is 3.89. The summed E-state index contributed by atoms with van der Waals surface area (Å²) in [6.45, 7) is 4.59. The van der Waals surface area contributed by atoms with E-state index >= 15 is 0 Å². The lowest BCUT2D eigenvalue weighted by Crippen LogP contribution is -2.43. The number of halogens is 2. The molecule has 1 aliphatic carbocycles. The zero-order valence-electron chi connectivity index (χ0n) is 15.3. The van der Waals surface area contributed by atoms with Gasteiger partial charge in [0, 0.05) is 31.7 Å². The molecule has 0 unspecified atom stereocenters. The van der Waals surface area contributed by atoms with Gasteiger partial charge in [0.05, 0.1) is 12.1 Å². The molecule has 27 heavy (non-hydrogen) atoms. The van der Waals surface area contributed by atoms with Gasteiger partial charge in [-0.1, -0.05) is 0 Å². The zero-order chi connectivity index (χ0) is 19.0. The second kappa shape index (κ2) is 7.05. The van der Waals surface area contributed by atoms with Crippen molar-refractivity contribution in [2.24, 2.45) is 0 Å². The van der Waals surface area contributed by atoms with E-state index in [9.17, 15) is 13.6 Å². The molecule has 2 aromatic rings. The molecule has 0 spiro atoms. The Kier molecular flexibility index (Phi) is 4.74. The molecule has 1 aromatic carbocycles. The van der Waals surface area contributed by atoms with Crippen molar-refractivity contribution in [3.63, 3.8) is 0 Å². The first kappa shape index (κ1) is 18.1. The average Bonchev–Trinajstić information content (AvgIpc) is 3.27. The highest BCUT2D eigenvalue weighted by molar-refractivity contribution is 5.92. The summed E-state index contributed by atoms with van der Waals surface area (Å²) in [5, 5.41) is 2.83. The molecule has 0 atom stereocenters. The van der Waals surface area contributed by atoms with Gasteiger partial charge in [0.1, 0.15) is 17.4 Å². The van der Waals surface area contributed by atoms with Crippen LogP contribution in [0.25, 0.3) is 0 Å². The van der Waals surface area contributed by atoms with E-state index in [1.165, 1.54) is 0 Å². The average molecular weight is 375 g/mol. The number of rotatable bonds is 5. The van der Waals surface area contributed by atoms with Gasteiger partial charge in [-0.15, -0.1) is 0 Å². The second-order valence-corrected chi connectivity index (χ2v) is 7.51. The van der Waals surface area contributed by atoms with Crippen molar-refractivity contribution < 1.29 is 18.0 Å². The Labute approximate surface area is 156 Å². The van der Waals surface area contributed by atoms with Gasteiger partial charge in [0.15, 0.2) is 5.76 Å². The first-order valence-electron chi connectivity index (χ1n) is 9.23. The number of benzene rings is 1. The van der Waals surface area contributed by atoms with Crippen LogP contribution in [0, 0.1) is 11.6 Å². The van der Waals surface area contributed by atoms with Crippen LogP contribution in [0.3, 0.4) is 0 Å². The van der Waals surface area contributed by atoms with E-state index in [2.05, 4.69) is 22.2 Å². The SMILES string of the molecule is CN1CCN(Cc2ccc(C(=O)NC3(c4cc(F)ccc4F)CC3)o2)CC1. The number of amides is 1. The highest BCUT2D eigenvalue weighted by Gasteiger charge is 2.48. The van der Waals surface area contributed by atoms with E-state index in [1.807, 2.05) is 0 Å². The smallest absolute Gasteiger partial charge is 0.287 e. The van der Waals surface area contributed by atoms with Crippen LogP contribution in [0.2, 0.25) is 0 Å². The number of hydrogen-bond donors (Lipinski definition) is 1. The predicted molar refractivity (Wildman–Crippen MR) is 96.2 cm³/mol. The van der Waals surface area contributed by atoms with E-state index in [4.69, 9.17) is 4.42 Å². The summed E-state index contributed by atoms with van der Waals surface area (Å²) in [5.74, 6) is -0.502. The Morgan fingerprint density at radius 2 is 1.89 bits per heavy atom. The lowest BCUT2D eigenvalue weighted by molar-refractivity contribution is 0.0895. The lowest BCUT2D eigenvalue weighted by atomic mass is 10.0. The van der Waals surface area contributed by atoms with Crippen LogP contribution < -0.4 is 5.32 Å². The number of likely N-dealkylation sites (N-methyl/N-ethyl adjacent to an activating group) is 1. The summed E-state index contributed by atoms with van der Waals surface area (Å²) in [5.41, 5.74) is -0.645. The van der Waals surface area contributed by atoms with Crippen LogP contribution in [0.1, 0.15) is 34.7 Å². The van der Waals surface area contributed by atoms with Crippen molar-refractivity contribution in [2.45, 2.75) is 24.9 Å². The maximum atomic E-state index is 14.1. The Morgan fingerprint density at radius 1 is 1.15 bits per heavy atom. The van der Waals surface area contributed by atoms with Crippen LogP contribution in [0.5, 0.6) is 0 Å². The Bertz CT molecular complexity index is 840. The number of piperazine rings is 1. The van der Waals surface area contributed by atoms with E-state index in [0.29, 0.717) is 19.4 Å². The molecule has 5 nitrogen and oxygen atoms in total. The van der Waals surface area contributed by atoms with E-state index < -0.39 is 23.1 Å². The summed E-state index contributed by atoms with van der Waals surface area (Å²) in [6, 6.07) is 6.77. The number of carbonyl (C=O) groups excluding carboxylic acids is 1. The molecule has 2 heterocycles. The largest absolute Gasteiger partial charge is 0.455 e. The topological polar surface area (TPSA) is 48.7 Å². The molecule has 1 amide bonds. The fourth-order valence-corrected chi connectivity index (χ4v) is 3.54. The van der Waals surface area contributed by atoms with Gasteiger partial charge in [0.2, 0.25) is 0 Å². The van der Waals surface area contributed by atoms with Crippen LogP contribution in [0.4, 0.5) is 8.78 Å². The molecule has 144 valence electrons. The molecule has 0 radical (unpaired) electrons. The van der Waals surface area contributed by atoms with Crippen molar-refractivity contribution in [1.29, 1.82) is 0 Å². The number of carbonyl (C=O) groups is 1.